The van der Waals surface area contributed by atoms with Crippen molar-refractivity contribution in [3.63, 3.8) is 0 Å². The Balaban J connectivity index is 1.51. The Hall–Kier alpha value is -3.52. The number of benzene rings is 4. The minimum Gasteiger partial charge on any atom is -0.456 e. The largest absolute Gasteiger partial charge is 0.456 e. The number of fused-ring (bicyclic) bond motifs is 2. The quantitative estimate of drug-likeness (QED) is 0.384. The van der Waals surface area contributed by atoms with Crippen LogP contribution in [0, 0.1) is 0 Å². The topological polar surface area (TPSA) is 25.2 Å². The van der Waals surface area contributed by atoms with Crippen LogP contribution in [0.4, 0.5) is 11.4 Å². The summed E-state index contributed by atoms with van der Waals surface area (Å²) in [5.41, 5.74) is 4.19. The monoisotopic (exact) mass is 335 g/mol. The molecule has 1 N–H and O–H groups in total. The van der Waals surface area contributed by atoms with Crippen molar-refractivity contribution in [3.8, 4) is 11.3 Å². The maximum atomic E-state index is 5.99. The fraction of sp³-hybridized carbons (Fsp3) is 0. The highest BCUT2D eigenvalue weighted by atomic mass is 16.3. The maximum absolute atomic E-state index is 5.99. The van der Waals surface area contributed by atoms with Crippen LogP contribution in [0.25, 0.3) is 33.1 Å². The Morgan fingerprint density at radius 1 is 0.538 bits per heavy atom. The summed E-state index contributed by atoms with van der Waals surface area (Å²) in [4.78, 5) is 0. The first-order chi connectivity index (χ1) is 12.8. The summed E-state index contributed by atoms with van der Waals surface area (Å²) in [5, 5.41) is 6.97. The second-order valence-corrected chi connectivity index (χ2v) is 6.42. The average Bonchev–Trinajstić information content (AvgIpc) is 3.13. The van der Waals surface area contributed by atoms with Crippen molar-refractivity contribution in [2.45, 2.75) is 0 Å². The molecule has 5 aromatic rings. The number of hydrogen-bond donors (Lipinski definition) is 1. The van der Waals surface area contributed by atoms with Crippen molar-refractivity contribution in [1.29, 1.82) is 0 Å². The molecular formula is C24H17NO. The average molecular weight is 335 g/mol. The molecule has 5 rings (SSSR count). The van der Waals surface area contributed by atoms with Gasteiger partial charge in [0.2, 0.25) is 0 Å². The van der Waals surface area contributed by atoms with Crippen LogP contribution < -0.4 is 5.32 Å². The summed E-state index contributed by atoms with van der Waals surface area (Å²) in [6, 6.07) is 33.3. The molecule has 0 atom stereocenters. The lowest BCUT2D eigenvalue weighted by atomic mass is 10.0. The van der Waals surface area contributed by atoms with Gasteiger partial charge in [0, 0.05) is 22.3 Å². The number of anilines is 2. The zero-order valence-corrected chi connectivity index (χ0v) is 14.1. The molecule has 0 aliphatic carbocycles. The fourth-order valence-electron chi connectivity index (χ4n) is 3.29. The lowest BCUT2D eigenvalue weighted by molar-refractivity contribution is 0.631. The molecule has 0 saturated heterocycles. The molecular weight excluding hydrogens is 318 g/mol. The second-order valence-electron chi connectivity index (χ2n) is 6.42. The molecule has 0 saturated carbocycles. The smallest absolute Gasteiger partial charge is 0.135 e. The second kappa shape index (κ2) is 6.08. The van der Waals surface area contributed by atoms with Crippen LogP contribution in [-0.2, 0) is 0 Å². The van der Waals surface area contributed by atoms with Gasteiger partial charge in [-0.25, -0.2) is 0 Å². The van der Waals surface area contributed by atoms with E-state index in [0.717, 1.165) is 33.7 Å². The third-order valence-electron chi connectivity index (χ3n) is 4.61. The highest BCUT2D eigenvalue weighted by molar-refractivity contribution is 5.91. The van der Waals surface area contributed by atoms with Gasteiger partial charge < -0.3 is 9.73 Å². The third-order valence-corrected chi connectivity index (χ3v) is 4.61. The van der Waals surface area contributed by atoms with Gasteiger partial charge in [0.1, 0.15) is 11.3 Å². The van der Waals surface area contributed by atoms with Gasteiger partial charge in [0.15, 0.2) is 0 Å². The van der Waals surface area contributed by atoms with E-state index in [0.29, 0.717) is 0 Å². The van der Waals surface area contributed by atoms with Crippen molar-refractivity contribution >= 4 is 33.1 Å². The molecule has 4 aromatic carbocycles. The molecule has 0 radical (unpaired) electrons. The molecule has 0 fully saturated rings. The molecule has 0 aliphatic rings. The first-order valence-corrected chi connectivity index (χ1v) is 8.70. The van der Waals surface area contributed by atoms with E-state index in [9.17, 15) is 0 Å². The summed E-state index contributed by atoms with van der Waals surface area (Å²) in [6.07, 6.45) is 0. The molecule has 1 heterocycles. The first kappa shape index (κ1) is 14.8. The SMILES string of the molecule is c1ccc(Nc2ccc3cc(-c4cc5ccccc5o4)ccc3c2)cc1. The van der Waals surface area contributed by atoms with Gasteiger partial charge in [-0.2, -0.15) is 0 Å². The predicted molar refractivity (Wildman–Crippen MR) is 109 cm³/mol. The Morgan fingerprint density at radius 3 is 2.19 bits per heavy atom. The molecule has 0 bridgehead atoms. The highest BCUT2D eigenvalue weighted by Crippen LogP contribution is 2.31. The molecule has 1 aromatic heterocycles. The Morgan fingerprint density at radius 2 is 1.31 bits per heavy atom. The van der Waals surface area contributed by atoms with E-state index in [1.807, 2.05) is 36.4 Å². The fourth-order valence-corrected chi connectivity index (χ4v) is 3.29. The van der Waals surface area contributed by atoms with Gasteiger partial charge in [-0.1, -0.05) is 54.6 Å². The standard InChI is InChI=1S/C24H17NO/c1-2-7-21(8-3-1)25-22-13-12-17-14-20(11-10-18(17)15-22)24-16-19-6-4-5-9-23(19)26-24/h1-16,25H. The van der Waals surface area contributed by atoms with Gasteiger partial charge in [0.25, 0.3) is 0 Å². The molecule has 0 spiro atoms. The summed E-state index contributed by atoms with van der Waals surface area (Å²) < 4.78 is 5.99. The number of hydrogen-bond acceptors (Lipinski definition) is 2. The number of furan rings is 1. The van der Waals surface area contributed by atoms with E-state index in [2.05, 4.69) is 66.0 Å². The van der Waals surface area contributed by atoms with Crippen LogP contribution in [-0.4, -0.2) is 0 Å². The van der Waals surface area contributed by atoms with Crippen molar-refractivity contribution in [1.82, 2.24) is 0 Å². The summed E-state index contributed by atoms with van der Waals surface area (Å²) in [5.74, 6) is 0.902. The zero-order valence-electron chi connectivity index (χ0n) is 14.1. The van der Waals surface area contributed by atoms with Crippen molar-refractivity contribution in [2.75, 3.05) is 5.32 Å². The van der Waals surface area contributed by atoms with E-state index in [1.165, 1.54) is 10.8 Å². The van der Waals surface area contributed by atoms with Gasteiger partial charge in [-0.05, 0) is 53.2 Å². The molecule has 124 valence electrons. The van der Waals surface area contributed by atoms with Crippen LogP contribution in [0.3, 0.4) is 0 Å². The highest BCUT2D eigenvalue weighted by Gasteiger charge is 2.07. The molecule has 2 heteroatoms. The Labute approximate surface area is 151 Å². The van der Waals surface area contributed by atoms with E-state index in [1.54, 1.807) is 0 Å². The minimum atomic E-state index is 0.902. The summed E-state index contributed by atoms with van der Waals surface area (Å²) in [7, 11) is 0. The van der Waals surface area contributed by atoms with Crippen molar-refractivity contribution in [3.05, 3.63) is 97.1 Å². The minimum absolute atomic E-state index is 0.902. The van der Waals surface area contributed by atoms with Gasteiger partial charge in [0.05, 0.1) is 0 Å². The number of nitrogens with one attached hydrogen (secondary N) is 1. The molecule has 0 aliphatic heterocycles. The molecule has 0 amide bonds. The Kier molecular flexibility index (Phi) is 3.46. The van der Waals surface area contributed by atoms with E-state index >= 15 is 0 Å². The molecule has 26 heavy (non-hydrogen) atoms. The molecule has 2 nitrogen and oxygen atoms in total. The zero-order chi connectivity index (χ0) is 17.3. The first-order valence-electron chi connectivity index (χ1n) is 8.70. The normalized spacial score (nSPS) is 11.1. The number of para-hydroxylation sites is 2. The van der Waals surface area contributed by atoms with Crippen LogP contribution in [0.1, 0.15) is 0 Å². The van der Waals surface area contributed by atoms with Gasteiger partial charge >= 0.3 is 0 Å². The van der Waals surface area contributed by atoms with E-state index in [4.69, 9.17) is 4.42 Å². The maximum Gasteiger partial charge on any atom is 0.135 e. The van der Waals surface area contributed by atoms with E-state index in [-0.39, 0.29) is 0 Å². The summed E-state index contributed by atoms with van der Waals surface area (Å²) in [6.45, 7) is 0. The predicted octanol–water partition coefficient (Wildman–Crippen LogP) is 7.00. The van der Waals surface area contributed by atoms with Crippen molar-refractivity contribution < 1.29 is 4.42 Å². The van der Waals surface area contributed by atoms with Crippen molar-refractivity contribution in [2.24, 2.45) is 0 Å². The lowest BCUT2D eigenvalue weighted by Gasteiger charge is -2.08. The molecule has 0 unspecified atom stereocenters. The van der Waals surface area contributed by atoms with Gasteiger partial charge in [-0.3, -0.25) is 0 Å². The van der Waals surface area contributed by atoms with Crippen LogP contribution in [0.5, 0.6) is 0 Å². The van der Waals surface area contributed by atoms with Crippen LogP contribution in [0.15, 0.2) is 101 Å². The van der Waals surface area contributed by atoms with E-state index < -0.39 is 0 Å². The Bertz CT molecular complexity index is 1170. The van der Waals surface area contributed by atoms with Gasteiger partial charge in [-0.15, -0.1) is 0 Å². The number of rotatable bonds is 3. The third kappa shape index (κ3) is 2.72. The lowest BCUT2D eigenvalue weighted by Crippen LogP contribution is -1.89. The van der Waals surface area contributed by atoms with Crippen LogP contribution in [0.2, 0.25) is 0 Å². The summed E-state index contributed by atoms with van der Waals surface area (Å²) >= 11 is 0. The van der Waals surface area contributed by atoms with Crippen LogP contribution >= 0.6 is 0 Å².